The lowest BCUT2D eigenvalue weighted by Crippen LogP contribution is -2.48. The van der Waals surface area contributed by atoms with Gasteiger partial charge >= 0.3 is 5.97 Å². The fourth-order valence-electron chi connectivity index (χ4n) is 5.47. The molecule has 2 saturated heterocycles. The van der Waals surface area contributed by atoms with Crippen LogP contribution in [0.1, 0.15) is 46.7 Å². The first-order valence-electron chi connectivity index (χ1n) is 14.0. The van der Waals surface area contributed by atoms with Crippen molar-refractivity contribution >= 4 is 22.8 Å². The molecule has 0 bridgehead atoms. The van der Waals surface area contributed by atoms with Crippen LogP contribution in [0.25, 0.3) is 11.0 Å². The number of carboxylic acids is 1. The highest BCUT2D eigenvalue weighted by atomic mass is 19.1. The van der Waals surface area contributed by atoms with Gasteiger partial charge in [0.25, 0.3) is 0 Å². The summed E-state index contributed by atoms with van der Waals surface area (Å²) >= 11 is 0. The molecule has 2 atom stereocenters. The fourth-order valence-corrected chi connectivity index (χ4v) is 5.47. The number of hydrogen-bond acceptors (Lipinski definition) is 8. The lowest BCUT2D eigenvalue weighted by Gasteiger charge is -2.38. The fraction of sp³-hybridized carbons (Fsp3) is 0.355. The van der Waals surface area contributed by atoms with Gasteiger partial charge in [-0.15, -0.1) is 0 Å². The summed E-state index contributed by atoms with van der Waals surface area (Å²) < 4.78 is 27.9. The number of pyridine rings is 1. The molecule has 216 valence electrons. The van der Waals surface area contributed by atoms with E-state index in [1.54, 1.807) is 36.4 Å². The Morgan fingerprint density at radius 2 is 1.98 bits per heavy atom. The summed E-state index contributed by atoms with van der Waals surface area (Å²) in [5, 5.41) is 18.5. The molecule has 4 heterocycles. The monoisotopic (exact) mass is 570 g/mol. The Hall–Kier alpha value is -4.53. The van der Waals surface area contributed by atoms with E-state index in [0.29, 0.717) is 18.0 Å². The third kappa shape index (κ3) is 5.64. The van der Waals surface area contributed by atoms with E-state index < -0.39 is 11.8 Å². The summed E-state index contributed by atoms with van der Waals surface area (Å²) in [7, 11) is 0. The van der Waals surface area contributed by atoms with Crippen LogP contribution >= 0.6 is 0 Å². The van der Waals surface area contributed by atoms with Gasteiger partial charge in [-0.2, -0.15) is 10.2 Å². The Bertz CT molecular complexity index is 1660. The maximum absolute atomic E-state index is 14.3. The Morgan fingerprint density at radius 1 is 1.17 bits per heavy atom. The van der Waals surface area contributed by atoms with Crippen LogP contribution < -0.4 is 9.64 Å². The number of rotatable bonds is 9. The van der Waals surface area contributed by atoms with Crippen molar-refractivity contribution in [2.45, 2.75) is 38.6 Å². The highest BCUT2D eigenvalue weighted by molar-refractivity contribution is 5.92. The Labute approximate surface area is 242 Å². The summed E-state index contributed by atoms with van der Waals surface area (Å²) in [5.74, 6) is 0.654. The molecule has 2 fully saturated rings. The molecule has 0 aliphatic carbocycles. The molecule has 1 N–H and O–H groups in total. The average molecular weight is 571 g/mol. The number of piperazine rings is 1. The highest BCUT2D eigenvalue weighted by Gasteiger charge is 2.29. The first-order valence-corrected chi connectivity index (χ1v) is 14.0. The topological polar surface area (TPSA) is 117 Å². The van der Waals surface area contributed by atoms with Crippen molar-refractivity contribution < 1.29 is 23.8 Å². The minimum Gasteiger partial charge on any atom is -0.478 e. The molecule has 6 rings (SSSR count). The first-order chi connectivity index (χ1) is 20.4. The second-order valence-electron chi connectivity index (χ2n) is 10.6. The van der Waals surface area contributed by atoms with Crippen LogP contribution in [0.2, 0.25) is 0 Å². The van der Waals surface area contributed by atoms with Gasteiger partial charge in [0.15, 0.2) is 0 Å². The highest BCUT2D eigenvalue weighted by Crippen LogP contribution is 2.29. The lowest BCUT2D eigenvalue weighted by atomic mass is 10.1. The number of benzene rings is 2. The molecule has 2 aliphatic rings. The van der Waals surface area contributed by atoms with Crippen LogP contribution in [0.3, 0.4) is 0 Å². The summed E-state index contributed by atoms with van der Waals surface area (Å²) in [6.45, 7) is 6.61. The molecule has 11 heteroatoms. The Morgan fingerprint density at radius 3 is 2.67 bits per heavy atom. The summed E-state index contributed by atoms with van der Waals surface area (Å²) in [6, 6.07) is 16.9. The number of imidazole rings is 1. The molecule has 0 spiro atoms. The number of nitrogens with zero attached hydrogens (tertiary/aromatic N) is 6. The lowest BCUT2D eigenvalue weighted by molar-refractivity contribution is -0.0594. The van der Waals surface area contributed by atoms with Crippen molar-refractivity contribution in [2.24, 2.45) is 0 Å². The maximum Gasteiger partial charge on any atom is 0.335 e. The normalized spacial score (nSPS) is 17.9. The summed E-state index contributed by atoms with van der Waals surface area (Å²) in [6.07, 6.45) is 1.08. The smallest absolute Gasteiger partial charge is 0.335 e. The van der Waals surface area contributed by atoms with E-state index in [-0.39, 0.29) is 29.9 Å². The molecule has 2 aliphatic heterocycles. The van der Waals surface area contributed by atoms with Crippen molar-refractivity contribution in [3.05, 3.63) is 82.9 Å². The van der Waals surface area contributed by atoms with Gasteiger partial charge in [-0.05, 0) is 49.7 Å². The van der Waals surface area contributed by atoms with Crippen LogP contribution in [-0.4, -0.2) is 69.4 Å². The number of aromatic nitrogens is 3. The largest absolute Gasteiger partial charge is 0.478 e. The van der Waals surface area contributed by atoms with Gasteiger partial charge in [-0.3, -0.25) is 4.90 Å². The quantitative estimate of drug-likeness (QED) is 0.313. The van der Waals surface area contributed by atoms with Gasteiger partial charge in [0, 0.05) is 44.4 Å². The van der Waals surface area contributed by atoms with Crippen molar-refractivity contribution in [1.82, 2.24) is 19.4 Å². The van der Waals surface area contributed by atoms with Crippen LogP contribution in [0, 0.1) is 17.1 Å². The van der Waals surface area contributed by atoms with E-state index in [9.17, 15) is 14.3 Å². The van der Waals surface area contributed by atoms with Crippen molar-refractivity contribution in [2.75, 3.05) is 37.7 Å². The molecule has 10 nitrogen and oxygen atoms in total. The van der Waals surface area contributed by atoms with Gasteiger partial charge in [0.1, 0.15) is 24.1 Å². The van der Waals surface area contributed by atoms with Crippen molar-refractivity contribution in [1.29, 1.82) is 5.26 Å². The Balaban J connectivity index is 1.13. The van der Waals surface area contributed by atoms with Gasteiger partial charge in [0.2, 0.25) is 5.88 Å². The second kappa shape index (κ2) is 11.8. The van der Waals surface area contributed by atoms with Crippen molar-refractivity contribution in [3.8, 4) is 11.9 Å². The standard InChI is InChI=1S/C31H31FN6O4/c1-20(30-34-26-8-7-22(31(39)40)16-27(26)38(30)18-24-9-14-41-24)36-10-12-37(13-11-36)28-3-2-4-29(35-28)42-19-23-6-5-21(17-33)15-25(23)32/h2-8,15-16,20,24H,9-14,18-19H2,1H3,(H,39,40)/t20?,24-/m0/s1. The minimum atomic E-state index is -0.959. The third-order valence-electron chi connectivity index (χ3n) is 8.03. The SMILES string of the molecule is CC(c1nc2ccc(C(=O)O)cc2n1C[C@@H]1CCO1)N1CCN(c2cccc(OCc3ccc(C#N)cc3F)n2)CC1. The number of fused-ring (bicyclic) bond motifs is 1. The van der Waals surface area contributed by atoms with Crippen LogP contribution in [0.4, 0.5) is 10.2 Å². The van der Waals surface area contributed by atoms with E-state index >= 15 is 0 Å². The number of ether oxygens (including phenoxy) is 2. The minimum absolute atomic E-state index is 0.0119. The number of nitriles is 1. The molecule has 2 aromatic carbocycles. The van der Waals surface area contributed by atoms with Gasteiger partial charge in [0.05, 0.1) is 46.9 Å². The molecule has 42 heavy (non-hydrogen) atoms. The zero-order chi connectivity index (χ0) is 29.2. The van der Waals surface area contributed by atoms with Gasteiger partial charge < -0.3 is 24.0 Å². The predicted octanol–water partition coefficient (Wildman–Crippen LogP) is 4.39. The van der Waals surface area contributed by atoms with E-state index in [4.69, 9.17) is 19.7 Å². The number of anilines is 1. The number of carboxylic acid groups (broad SMARTS) is 1. The number of carbonyl (C=O) groups is 1. The van der Waals surface area contributed by atoms with E-state index in [2.05, 4.69) is 26.3 Å². The third-order valence-corrected chi connectivity index (χ3v) is 8.03. The Kier molecular flexibility index (Phi) is 7.73. The second-order valence-corrected chi connectivity index (χ2v) is 10.6. The summed E-state index contributed by atoms with van der Waals surface area (Å²) in [5.41, 5.74) is 2.46. The van der Waals surface area contributed by atoms with Crippen LogP contribution in [0.15, 0.2) is 54.6 Å². The molecule has 0 amide bonds. The molecular formula is C31H31FN6O4. The van der Waals surface area contributed by atoms with Crippen LogP contribution in [0.5, 0.6) is 5.88 Å². The van der Waals surface area contributed by atoms with E-state index in [0.717, 1.165) is 61.9 Å². The van der Waals surface area contributed by atoms with Gasteiger partial charge in [-0.25, -0.2) is 14.2 Å². The molecule has 0 radical (unpaired) electrons. The zero-order valence-corrected chi connectivity index (χ0v) is 23.2. The number of halogens is 1. The van der Waals surface area contributed by atoms with Gasteiger partial charge in [-0.1, -0.05) is 12.1 Å². The average Bonchev–Trinajstić information content (AvgIpc) is 3.35. The maximum atomic E-state index is 14.3. The molecule has 0 saturated carbocycles. The summed E-state index contributed by atoms with van der Waals surface area (Å²) in [4.78, 5) is 25.8. The van der Waals surface area contributed by atoms with Crippen molar-refractivity contribution in [3.63, 3.8) is 0 Å². The van der Waals surface area contributed by atoms with E-state index in [1.165, 1.54) is 6.07 Å². The molecule has 1 unspecified atom stereocenters. The van der Waals surface area contributed by atoms with Crippen LogP contribution in [-0.2, 0) is 17.9 Å². The number of aromatic carboxylic acids is 1. The molecule has 2 aromatic heterocycles. The number of hydrogen-bond donors (Lipinski definition) is 1. The zero-order valence-electron chi connectivity index (χ0n) is 23.2. The molecule has 4 aromatic rings. The predicted molar refractivity (Wildman–Crippen MR) is 153 cm³/mol. The molecular weight excluding hydrogens is 539 g/mol. The first kappa shape index (κ1) is 27.6. The van der Waals surface area contributed by atoms with E-state index in [1.807, 2.05) is 18.2 Å².